The van der Waals surface area contributed by atoms with Gasteiger partial charge in [0.2, 0.25) is 5.91 Å². The van der Waals surface area contributed by atoms with Gasteiger partial charge in [-0.15, -0.1) is 0 Å². The number of nitrogens with one attached hydrogen (secondary N) is 1. The van der Waals surface area contributed by atoms with Crippen molar-refractivity contribution in [2.24, 2.45) is 5.92 Å². The number of carbonyl (C=O) groups is 2. The smallest absolute Gasteiger partial charge is 0.254 e. The quantitative estimate of drug-likeness (QED) is 0.838. The molecule has 6 heteroatoms. The third-order valence-electron chi connectivity index (χ3n) is 4.86. The van der Waals surface area contributed by atoms with Crippen LogP contribution in [0.15, 0.2) is 18.2 Å². The van der Waals surface area contributed by atoms with E-state index in [4.69, 9.17) is 0 Å². The van der Waals surface area contributed by atoms with Gasteiger partial charge < -0.3 is 15.3 Å². The van der Waals surface area contributed by atoms with Crippen LogP contribution in [0.5, 0.6) is 0 Å². The van der Waals surface area contributed by atoms with Gasteiger partial charge in [0.25, 0.3) is 5.91 Å². The number of hydrogen-bond donors (Lipinski definition) is 2. The number of hydrogen-bond acceptors (Lipinski definition) is 3. The van der Waals surface area contributed by atoms with Crippen molar-refractivity contribution in [2.75, 3.05) is 18.0 Å². The topological polar surface area (TPSA) is 69.6 Å². The first-order valence-corrected chi connectivity index (χ1v) is 8.36. The average Bonchev–Trinajstić information content (AvgIpc) is 2.98. The normalized spacial score (nSPS) is 18.4. The summed E-state index contributed by atoms with van der Waals surface area (Å²) in [5.41, 5.74) is -0.659. The third kappa shape index (κ3) is 3.93. The molecule has 2 atom stereocenters. The molecule has 1 fully saturated rings. The van der Waals surface area contributed by atoms with E-state index < -0.39 is 17.3 Å². The highest BCUT2D eigenvalue weighted by atomic mass is 19.1. The largest absolute Gasteiger partial charge is 0.388 e. The Kier molecular flexibility index (Phi) is 5.59. The second-order valence-corrected chi connectivity index (χ2v) is 6.66. The van der Waals surface area contributed by atoms with Gasteiger partial charge in [-0.2, -0.15) is 0 Å². The lowest BCUT2D eigenvalue weighted by molar-refractivity contribution is -0.117. The van der Waals surface area contributed by atoms with Crippen molar-refractivity contribution in [3.63, 3.8) is 0 Å². The average molecular weight is 336 g/mol. The van der Waals surface area contributed by atoms with Crippen molar-refractivity contribution in [1.29, 1.82) is 0 Å². The molecule has 2 unspecified atom stereocenters. The molecule has 5 nitrogen and oxygen atoms in total. The van der Waals surface area contributed by atoms with Crippen LogP contribution in [0.4, 0.5) is 10.1 Å². The van der Waals surface area contributed by atoms with Gasteiger partial charge >= 0.3 is 0 Å². The number of nitrogens with zero attached hydrogens (tertiary/aromatic N) is 1. The van der Waals surface area contributed by atoms with Gasteiger partial charge in [-0.25, -0.2) is 4.39 Å². The summed E-state index contributed by atoms with van der Waals surface area (Å²) >= 11 is 0. The summed E-state index contributed by atoms with van der Waals surface area (Å²) in [7, 11) is 0. The molecule has 0 radical (unpaired) electrons. The van der Waals surface area contributed by atoms with Gasteiger partial charge in [0.1, 0.15) is 5.82 Å². The molecule has 2 amide bonds. The first-order chi connectivity index (χ1) is 11.3. The summed E-state index contributed by atoms with van der Waals surface area (Å²) in [6.07, 6.45) is 2.00. The standard InChI is InChI=1S/C18H25FN2O3/c1-4-12(2)18(3,24)11-20-17(23)14-10-13(7-8-15(14)19)21-9-5-6-16(21)22/h7-8,10,12,24H,4-6,9,11H2,1-3H3,(H,20,23). The predicted octanol–water partition coefficient (Wildman–Crippen LogP) is 2.48. The Balaban J connectivity index is 2.13. The van der Waals surface area contributed by atoms with Crippen molar-refractivity contribution >= 4 is 17.5 Å². The van der Waals surface area contributed by atoms with Crippen LogP contribution in [0.1, 0.15) is 50.4 Å². The molecule has 2 rings (SSSR count). The Hall–Kier alpha value is -1.95. The summed E-state index contributed by atoms with van der Waals surface area (Å²) in [4.78, 5) is 25.7. The third-order valence-corrected chi connectivity index (χ3v) is 4.86. The Morgan fingerprint density at radius 2 is 2.21 bits per heavy atom. The molecule has 1 aromatic rings. The second-order valence-electron chi connectivity index (χ2n) is 6.66. The molecule has 24 heavy (non-hydrogen) atoms. The minimum atomic E-state index is -1.07. The Morgan fingerprint density at radius 1 is 1.50 bits per heavy atom. The van der Waals surface area contributed by atoms with Crippen molar-refractivity contribution in [3.05, 3.63) is 29.6 Å². The lowest BCUT2D eigenvalue weighted by Crippen LogP contribution is -2.45. The van der Waals surface area contributed by atoms with Crippen LogP contribution in [0.25, 0.3) is 0 Å². The zero-order valence-electron chi connectivity index (χ0n) is 14.4. The summed E-state index contributed by atoms with van der Waals surface area (Å²) < 4.78 is 14.0. The molecule has 0 aromatic heterocycles. The Bertz CT molecular complexity index is 631. The van der Waals surface area contributed by atoms with Crippen LogP contribution in [0.3, 0.4) is 0 Å². The van der Waals surface area contributed by atoms with E-state index >= 15 is 0 Å². The van der Waals surface area contributed by atoms with Crippen LogP contribution in [0, 0.1) is 11.7 Å². The molecule has 0 aliphatic carbocycles. The van der Waals surface area contributed by atoms with E-state index in [0.29, 0.717) is 18.7 Å². The van der Waals surface area contributed by atoms with E-state index in [1.165, 1.54) is 18.2 Å². The number of aliphatic hydroxyl groups is 1. The zero-order chi connectivity index (χ0) is 17.9. The maximum absolute atomic E-state index is 14.0. The zero-order valence-corrected chi connectivity index (χ0v) is 14.4. The molecule has 1 saturated heterocycles. The first kappa shape index (κ1) is 18.4. The van der Waals surface area contributed by atoms with Gasteiger partial charge in [-0.3, -0.25) is 9.59 Å². The van der Waals surface area contributed by atoms with Gasteiger partial charge in [-0.1, -0.05) is 20.3 Å². The van der Waals surface area contributed by atoms with E-state index in [1.54, 1.807) is 11.8 Å². The maximum Gasteiger partial charge on any atom is 0.254 e. The van der Waals surface area contributed by atoms with Crippen LogP contribution in [-0.4, -0.2) is 35.6 Å². The summed E-state index contributed by atoms with van der Waals surface area (Å²) in [6, 6.07) is 4.10. The highest BCUT2D eigenvalue weighted by Crippen LogP contribution is 2.24. The minimum Gasteiger partial charge on any atom is -0.388 e. The van der Waals surface area contributed by atoms with Crippen molar-refractivity contribution < 1.29 is 19.1 Å². The molecule has 2 N–H and O–H groups in total. The lowest BCUT2D eigenvalue weighted by atomic mass is 9.88. The van der Waals surface area contributed by atoms with Crippen molar-refractivity contribution in [2.45, 2.75) is 45.6 Å². The minimum absolute atomic E-state index is 0.00352. The lowest BCUT2D eigenvalue weighted by Gasteiger charge is -2.29. The Morgan fingerprint density at radius 3 is 2.79 bits per heavy atom. The van der Waals surface area contributed by atoms with E-state index in [9.17, 15) is 19.1 Å². The van der Waals surface area contributed by atoms with Crippen LogP contribution in [0.2, 0.25) is 0 Å². The Labute approximate surface area is 141 Å². The summed E-state index contributed by atoms with van der Waals surface area (Å²) in [5, 5.41) is 12.9. The fourth-order valence-electron chi connectivity index (χ4n) is 2.74. The highest BCUT2D eigenvalue weighted by molar-refractivity contribution is 5.99. The predicted molar refractivity (Wildman–Crippen MR) is 90.4 cm³/mol. The molecule has 1 aromatic carbocycles. The van der Waals surface area contributed by atoms with Crippen LogP contribution < -0.4 is 10.2 Å². The monoisotopic (exact) mass is 336 g/mol. The van der Waals surface area contributed by atoms with Gasteiger partial charge in [-0.05, 0) is 37.5 Å². The number of halogens is 1. The van der Waals surface area contributed by atoms with E-state index in [-0.39, 0.29) is 23.9 Å². The van der Waals surface area contributed by atoms with Gasteiger partial charge in [0.15, 0.2) is 0 Å². The van der Waals surface area contributed by atoms with Crippen molar-refractivity contribution in [3.8, 4) is 0 Å². The van der Waals surface area contributed by atoms with Crippen LogP contribution >= 0.6 is 0 Å². The second kappa shape index (κ2) is 7.30. The SMILES string of the molecule is CCC(C)C(C)(O)CNC(=O)c1cc(N2CCCC2=O)ccc1F. The summed E-state index contributed by atoms with van der Waals surface area (Å²) in [6.45, 7) is 6.11. The summed E-state index contributed by atoms with van der Waals surface area (Å²) in [5.74, 6) is -1.26. The molecule has 0 saturated carbocycles. The molecular weight excluding hydrogens is 311 g/mol. The first-order valence-electron chi connectivity index (χ1n) is 8.36. The molecule has 1 aliphatic rings. The number of anilines is 1. The highest BCUT2D eigenvalue weighted by Gasteiger charge is 2.28. The van der Waals surface area contributed by atoms with Gasteiger partial charge in [0, 0.05) is 25.2 Å². The van der Waals surface area contributed by atoms with E-state index in [2.05, 4.69) is 5.32 Å². The fraction of sp³-hybridized carbons (Fsp3) is 0.556. The number of amides is 2. The fourth-order valence-corrected chi connectivity index (χ4v) is 2.74. The molecular formula is C18H25FN2O3. The van der Waals surface area contributed by atoms with Gasteiger partial charge in [0.05, 0.1) is 11.2 Å². The number of rotatable bonds is 6. The van der Waals surface area contributed by atoms with Crippen LogP contribution in [-0.2, 0) is 4.79 Å². The van der Waals surface area contributed by atoms with E-state index in [1.807, 2.05) is 13.8 Å². The molecule has 132 valence electrons. The van der Waals surface area contributed by atoms with Crippen molar-refractivity contribution in [1.82, 2.24) is 5.32 Å². The van der Waals surface area contributed by atoms with E-state index in [0.717, 1.165) is 12.8 Å². The molecule has 1 heterocycles. The molecule has 0 spiro atoms. The maximum atomic E-state index is 14.0. The molecule has 1 aliphatic heterocycles. The molecule has 0 bridgehead atoms. The number of carbonyl (C=O) groups excluding carboxylic acids is 2. The number of benzene rings is 1.